The molecule has 0 bridgehead atoms. The molecule has 6 nitrogen and oxygen atoms in total. The van der Waals surface area contributed by atoms with Gasteiger partial charge in [0.05, 0.1) is 23.5 Å². The first-order valence-electron chi connectivity index (χ1n) is 6.36. The van der Waals surface area contributed by atoms with Crippen LogP contribution in [-0.2, 0) is 9.53 Å². The van der Waals surface area contributed by atoms with Crippen molar-refractivity contribution in [3.63, 3.8) is 0 Å². The predicted octanol–water partition coefficient (Wildman–Crippen LogP) is 1.01. The number of benzene rings is 1. The molecule has 2 atom stereocenters. The van der Waals surface area contributed by atoms with Crippen molar-refractivity contribution < 1.29 is 9.53 Å². The molecule has 3 rings (SSSR count). The van der Waals surface area contributed by atoms with Gasteiger partial charge in [0.15, 0.2) is 0 Å². The van der Waals surface area contributed by atoms with E-state index in [0.717, 1.165) is 23.0 Å². The Morgan fingerprint density at radius 3 is 3.21 bits per heavy atom. The number of aromatic nitrogens is 2. The Balaban J connectivity index is 1.74. The Labute approximate surface area is 110 Å². The van der Waals surface area contributed by atoms with E-state index in [1.54, 1.807) is 6.20 Å². The Morgan fingerprint density at radius 1 is 1.53 bits per heavy atom. The van der Waals surface area contributed by atoms with E-state index >= 15 is 0 Å². The molecule has 19 heavy (non-hydrogen) atoms. The van der Waals surface area contributed by atoms with Gasteiger partial charge in [0.1, 0.15) is 6.10 Å². The van der Waals surface area contributed by atoms with Crippen LogP contribution in [0.2, 0.25) is 0 Å². The Hall–Kier alpha value is -1.92. The van der Waals surface area contributed by atoms with E-state index < -0.39 is 6.10 Å². The van der Waals surface area contributed by atoms with Gasteiger partial charge in [0, 0.05) is 11.9 Å². The van der Waals surface area contributed by atoms with Gasteiger partial charge >= 0.3 is 0 Å². The summed E-state index contributed by atoms with van der Waals surface area (Å²) in [4.78, 5) is 12.1. The van der Waals surface area contributed by atoms with Gasteiger partial charge < -0.3 is 15.8 Å². The first kappa shape index (κ1) is 12.1. The summed E-state index contributed by atoms with van der Waals surface area (Å²) in [6.07, 6.45) is 2.86. The largest absolute Gasteiger partial charge is 0.364 e. The second-order valence-corrected chi connectivity index (χ2v) is 4.69. The van der Waals surface area contributed by atoms with Gasteiger partial charge in [-0.3, -0.25) is 9.89 Å². The fourth-order valence-corrected chi connectivity index (χ4v) is 2.36. The van der Waals surface area contributed by atoms with Crippen LogP contribution >= 0.6 is 0 Å². The lowest BCUT2D eigenvalue weighted by Crippen LogP contribution is -2.29. The minimum Gasteiger partial charge on any atom is -0.364 e. The molecule has 1 aromatic carbocycles. The maximum atomic E-state index is 12.1. The van der Waals surface area contributed by atoms with Crippen molar-refractivity contribution in [2.45, 2.75) is 25.0 Å². The minimum atomic E-state index is -0.410. The van der Waals surface area contributed by atoms with Crippen molar-refractivity contribution in [2.24, 2.45) is 5.73 Å². The smallest absolute Gasteiger partial charge is 0.253 e. The summed E-state index contributed by atoms with van der Waals surface area (Å²) in [6, 6.07) is 5.66. The number of para-hydroxylation sites is 1. The number of amides is 1. The first-order valence-corrected chi connectivity index (χ1v) is 6.36. The fraction of sp³-hybridized carbons (Fsp3) is 0.385. The molecule has 0 aliphatic carbocycles. The molecule has 0 saturated carbocycles. The topological polar surface area (TPSA) is 93.0 Å². The summed E-state index contributed by atoms with van der Waals surface area (Å²) in [7, 11) is 0. The number of H-pyrrole nitrogens is 1. The molecule has 0 spiro atoms. The maximum Gasteiger partial charge on any atom is 0.253 e. The second-order valence-electron chi connectivity index (χ2n) is 4.69. The van der Waals surface area contributed by atoms with E-state index in [4.69, 9.17) is 10.5 Å². The minimum absolute atomic E-state index is 0.00121. The lowest BCUT2D eigenvalue weighted by atomic mass is 10.1. The lowest BCUT2D eigenvalue weighted by molar-refractivity contribution is -0.126. The molecule has 1 aromatic heterocycles. The number of carbonyl (C=O) groups is 1. The third-order valence-electron chi connectivity index (χ3n) is 3.40. The summed E-state index contributed by atoms with van der Waals surface area (Å²) in [5.41, 5.74) is 7.08. The van der Waals surface area contributed by atoms with Gasteiger partial charge in [-0.15, -0.1) is 0 Å². The second kappa shape index (κ2) is 4.99. The molecule has 1 fully saturated rings. The van der Waals surface area contributed by atoms with Crippen LogP contribution in [0.4, 0.5) is 5.69 Å². The van der Waals surface area contributed by atoms with E-state index in [1.165, 1.54) is 0 Å². The first-order chi connectivity index (χ1) is 9.28. The highest BCUT2D eigenvalue weighted by molar-refractivity contribution is 6.01. The van der Waals surface area contributed by atoms with Crippen molar-refractivity contribution in [1.29, 1.82) is 0 Å². The highest BCUT2D eigenvalue weighted by Crippen LogP contribution is 2.23. The molecule has 2 unspecified atom stereocenters. The summed E-state index contributed by atoms with van der Waals surface area (Å²) in [5.74, 6) is -0.127. The third kappa shape index (κ3) is 2.32. The summed E-state index contributed by atoms with van der Waals surface area (Å²) in [5, 5.41) is 10.7. The number of ether oxygens (including phenoxy) is 1. The Morgan fingerprint density at radius 2 is 2.42 bits per heavy atom. The summed E-state index contributed by atoms with van der Waals surface area (Å²) in [6.45, 7) is 0.458. The van der Waals surface area contributed by atoms with Crippen LogP contribution in [0.5, 0.6) is 0 Å². The number of rotatable bonds is 3. The molecule has 1 aliphatic rings. The molecule has 0 radical (unpaired) electrons. The van der Waals surface area contributed by atoms with Crippen molar-refractivity contribution in [2.75, 3.05) is 11.9 Å². The number of hydrogen-bond acceptors (Lipinski definition) is 4. The quantitative estimate of drug-likeness (QED) is 0.767. The number of nitrogens with two attached hydrogens (primary N) is 1. The van der Waals surface area contributed by atoms with Crippen LogP contribution in [0, 0.1) is 0 Å². The van der Waals surface area contributed by atoms with Crippen molar-refractivity contribution >= 4 is 22.5 Å². The normalized spacial score (nSPS) is 22.8. The van der Waals surface area contributed by atoms with Gasteiger partial charge in [-0.1, -0.05) is 12.1 Å². The summed E-state index contributed by atoms with van der Waals surface area (Å²) < 4.78 is 5.58. The lowest BCUT2D eigenvalue weighted by Gasteiger charge is -2.13. The molecule has 1 aliphatic heterocycles. The van der Waals surface area contributed by atoms with Crippen LogP contribution in [-0.4, -0.2) is 34.9 Å². The number of nitrogens with one attached hydrogen (secondary N) is 2. The van der Waals surface area contributed by atoms with Crippen LogP contribution < -0.4 is 11.1 Å². The number of hydrogen-bond donors (Lipinski definition) is 3. The van der Waals surface area contributed by atoms with Crippen LogP contribution in [0.3, 0.4) is 0 Å². The molecule has 2 heterocycles. The molecule has 1 amide bonds. The van der Waals surface area contributed by atoms with Crippen LogP contribution in [0.25, 0.3) is 10.9 Å². The highest BCUT2D eigenvalue weighted by Gasteiger charge is 2.30. The number of nitrogens with zero attached hydrogens (tertiary/aromatic N) is 1. The molecule has 2 aromatic rings. The van der Waals surface area contributed by atoms with Gasteiger partial charge in [0.25, 0.3) is 5.91 Å². The number of anilines is 1. The zero-order valence-electron chi connectivity index (χ0n) is 10.4. The maximum absolute atomic E-state index is 12.1. The summed E-state index contributed by atoms with van der Waals surface area (Å²) >= 11 is 0. The van der Waals surface area contributed by atoms with E-state index in [-0.39, 0.29) is 12.0 Å². The molecule has 1 saturated heterocycles. The zero-order valence-corrected chi connectivity index (χ0v) is 10.4. The van der Waals surface area contributed by atoms with Gasteiger partial charge in [-0.05, 0) is 18.9 Å². The average molecular weight is 260 g/mol. The molecule has 4 N–H and O–H groups in total. The Kier molecular flexibility index (Phi) is 3.18. The third-order valence-corrected chi connectivity index (χ3v) is 3.40. The Bertz CT molecular complexity index is 595. The fourth-order valence-electron chi connectivity index (χ4n) is 2.36. The van der Waals surface area contributed by atoms with E-state index in [9.17, 15) is 4.79 Å². The van der Waals surface area contributed by atoms with Crippen LogP contribution in [0.1, 0.15) is 12.8 Å². The number of aromatic amines is 1. The van der Waals surface area contributed by atoms with Gasteiger partial charge in [0.2, 0.25) is 0 Å². The van der Waals surface area contributed by atoms with Crippen molar-refractivity contribution in [1.82, 2.24) is 10.2 Å². The zero-order chi connectivity index (χ0) is 13.2. The van der Waals surface area contributed by atoms with E-state index in [1.807, 2.05) is 18.2 Å². The average Bonchev–Trinajstić information content (AvgIpc) is 3.08. The van der Waals surface area contributed by atoms with Gasteiger partial charge in [-0.2, -0.15) is 5.10 Å². The molecule has 100 valence electrons. The van der Waals surface area contributed by atoms with E-state index in [2.05, 4.69) is 15.5 Å². The van der Waals surface area contributed by atoms with Crippen molar-refractivity contribution in [3.8, 4) is 0 Å². The van der Waals surface area contributed by atoms with Crippen molar-refractivity contribution in [3.05, 3.63) is 24.4 Å². The van der Waals surface area contributed by atoms with Crippen LogP contribution in [0.15, 0.2) is 24.4 Å². The standard InChI is InChI=1S/C13H16N4O2/c14-6-9-4-5-11(19-9)13(18)16-10-3-1-2-8-7-15-17-12(8)10/h1-3,7,9,11H,4-6,14H2,(H,15,17)(H,16,18). The molecule has 6 heteroatoms. The monoisotopic (exact) mass is 260 g/mol. The molecular formula is C13H16N4O2. The van der Waals surface area contributed by atoms with Gasteiger partial charge in [-0.25, -0.2) is 0 Å². The predicted molar refractivity (Wildman–Crippen MR) is 71.7 cm³/mol. The van der Waals surface area contributed by atoms with E-state index in [0.29, 0.717) is 13.0 Å². The number of carbonyl (C=O) groups excluding carboxylic acids is 1. The number of fused-ring (bicyclic) bond motifs is 1. The SMILES string of the molecule is NCC1CCC(C(=O)Nc2cccc3cn[nH]c23)O1. The highest BCUT2D eigenvalue weighted by atomic mass is 16.5. The molecular weight excluding hydrogens is 244 g/mol.